The first kappa shape index (κ1) is 14.8. The van der Waals surface area contributed by atoms with Gasteiger partial charge in [0.05, 0.1) is 12.2 Å². The van der Waals surface area contributed by atoms with E-state index in [9.17, 15) is 0 Å². The van der Waals surface area contributed by atoms with Crippen molar-refractivity contribution < 1.29 is 0 Å². The van der Waals surface area contributed by atoms with Crippen LogP contribution in [0.5, 0.6) is 0 Å². The summed E-state index contributed by atoms with van der Waals surface area (Å²) in [5.41, 5.74) is 6.13. The maximum atomic E-state index is 4.79. The van der Waals surface area contributed by atoms with Crippen LogP contribution in [-0.2, 0) is 32.5 Å². The molecule has 128 valence electrons. The SMILES string of the molecule is c1cn(Cc2cnc3c(c2)CCC3)c(-c2cc3n(n2)CCCNC3)n1. The summed E-state index contributed by atoms with van der Waals surface area (Å²) >= 11 is 0. The van der Waals surface area contributed by atoms with Gasteiger partial charge in [0.15, 0.2) is 5.82 Å². The molecule has 1 aliphatic carbocycles. The Morgan fingerprint density at radius 2 is 2.12 bits per heavy atom. The van der Waals surface area contributed by atoms with Gasteiger partial charge in [-0.3, -0.25) is 9.67 Å². The quantitative estimate of drug-likeness (QED) is 0.797. The van der Waals surface area contributed by atoms with Gasteiger partial charge in [0, 0.05) is 37.4 Å². The minimum absolute atomic E-state index is 0.788. The van der Waals surface area contributed by atoms with Crippen molar-refractivity contribution in [2.75, 3.05) is 6.54 Å². The number of hydrogen-bond acceptors (Lipinski definition) is 4. The van der Waals surface area contributed by atoms with Crippen molar-refractivity contribution in [2.24, 2.45) is 0 Å². The van der Waals surface area contributed by atoms with Gasteiger partial charge in [-0.2, -0.15) is 5.10 Å². The molecule has 6 nitrogen and oxygen atoms in total. The Bertz CT molecular complexity index is 883. The highest BCUT2D eigenvalue weighted by Gasteiger charge is 2.17. The molecule has 0 saturated heterocycles. The van der Waals surface area contributed by atoms with Crippen molar-refractivity contribution in [3.05, 3.63) is 53.2 Å². The molecule has 1 aliphatic heterocycles. The number of pyridine rings is 1. The molecule has 0 spiro atoms. The van der Waals surface area contributed by atoms with Gasteiger partial charge >= 0.3 is 0 Å². The molecular weight excluding hydrogens is 312 g/mol. The van der Waals surface area contributed by atoms with Crippen LogP contribution >= 0.6 is 0 Å². The van der Waals surface area contributed by atoms with Crippen LogP contribution in [0.25, 0.3) is 11.5 Å². The van der Waals surface area contributed by atoms with E-state index in [0.717, 1.165) is 57.0 Å². The second-order valence-corrected chi connectivity index (χ2v) is 6.96. The summed E-state index contributed by atoms with van der Waals surface area (Å²) in [5.74, 6) is 0.932. The van der Waals surface area contributed by atoms with Crippen LogP contribution in [0, 0.1) is 0 Å². The molecule has 0 unspecified atom stereocenters. The van der Waals surface area contributed by atoms with Crippen molar-refractivity contribution in [3.8, 4) is 11.5 Å². The zero-order valence-corrected chi connectivity index (χ0v) is 14.3. The van der Waals surface area contributed by atoms with E-state index >= 15 is 0 Å². The Kier molecular flexibility index (Phi) is 3.63. The number of hydrogen-bond donors (Lipinski definition) is 1. The molecule has 2 aliphatic rings. The largest absolute Gasteiger partial charge is 0.325 e. The Morgan fingerprint density at radius 3 is 3.12 bits per heavy atom. The van der Waals surface area contributed by atoms with E-state index in [1.54, 1.807) is 0 Å². The predicted octanol–water partition coefficient (Wildman–Crippen LogP) is 2.17. The third-order valence-electron chi connectivity index (χ3n) is 5.17. The molecule has 0 atom stereocenters. The average molecular weight is 334 g/mol. The highest BCUT2D eigenvalue weighted by Crippen LogP contribution is 2.23. The number of fused-ring (bicyclic) bond motifs is 2. The number of imidazole rings is 1. The van der Waals surface area contributed by atoms with Gasteiger partial charge in [0.25, 0.3) is 0 Å². The number of aromatic nitrogens is 5. The molecule has 4 heterocycles. The fourth-order valence-corrected chi connectivity index (χ4v) is 3.90. The second-order valence-electron chi connectivity index (χ2n) is 6.96. The topological polar surface area (TPSA) is 60.6 Å². The van der Waals surface area contributed by atoms with E-state index in [-0.39, 0.29) is 0 Å². The average Bonchev–Trinajstić information content (AvgIpc) is 3.32. The van der Waals surface area contributed by atoms with Crippen LogP contribution in [-0.4, -0.2) is 30.9 Å². The van der Waals surface area contributed by atoms with Gasteiger partial charge in [0.2, 0.25) is 0 Å². The molecule has 25 heavy (non-hydrogen) atoms. The summed E-state index contributed by atoms with van der Waals surface area (Å²) in [4.78, 5) is 9.21. The Morgan fingerprint density at radius 1 is 1.12 bits per heavy atom. The first-order valence-corrected chi connectivity index (χ1v) is 9.12. The zero-order valence-electron chi connectivity index (χ0n) is 14.3. The summed E-state index contributed by atoms with van der Waals surface area (Å²) in [6.07, 6.45) is 10.5. The van der Waals surface area contributed by atoms with E-state index < -0.39 is 0 Å². The fraction of sp³-hybridized carbons (Fsp3) is 0.421. The van der Waals surface area contributed by atoms with Crippen molar-refractivity contribution in [1.82, 2.24) is 29.6 Å². The van der Waals surface area contributed by atoms with Crippen LogP contribution in [0.2, 0.25) is 0 Å². The van der Waals surface area contributed by atoms with Crippen LogP contribution in [0.3, 0.4) is 0 Å². The van der Waals surface area contributed by atoms with Crippen molar-refractivity contribution >= 4 is 0 Å². The Labute approximate surface area is 146 Å². The predicted molar refractivity (Wildman–Crippen MR) is 95.1 cm³/mol. The summed E-state index contributed by atoms with van der Waals surface area (Å²) in [5, 5.41) is 8.24. The van der Waals surface area contributed by atoms with E-state index in [1.807, 2.05) is 18.6 Å². The van der Waals surface area contributed by atoms with Gasteiger partial charge in [-0.25, -0.2) is 4.98 Å². The number of rotatable bonds is 3. The van der Waals surface area contributed by atoms with E-state index in [0.29, 0.717) is 0 Å². The molecule has 0 aromatic carbocycles. The van der Waals surface area contributed by atoms with Crippen LogP contribution < -0.4 is 5.32 Å². The van der Waals surface area contributed by atoms with Gasteiger partial charge < -0.3 is 9.88 Å². The maximum Gasteiger partial charge on any atom is 0.160 e. The molecule has 0 fully saturated rings. The van der Waals surface area contributed by atoms with Crippen molar-refractivity contribution in [2.45, 2.75) is 45.3 Å². The summed E-state index contributed by atoms with van der Waals surface area (Å²) in [6.45, 7) is 3.69. The molecule has 6 heteroatoms. The molecule has 3 aromatic heterocycles. The monoisotopic (exact) mass is 334 g/mol. The first-order chi connectivity index (χ1) is 12.4. The Hall–Kier alpha value is -2.47. The highest BCUT2D eigenvalue weighted by molar-refractivity contribution is 5.50. The highest BCUT2D eigenvalue weighted by atomic mass is 15.3. The zero-order chi connectivity index (χ0) is 16.6. The first-order valence-electron chi connectivity index (χ1n) is 9.12. The minimum atomic E-state index is 0.788. The third-order valence-corrected chi connectivity index (χ3v) is 5.17. The molecule has 0 radical (unpaired) electrons. The summed E-state index contributed by atoms with van der Waals surface area (Å²) < 4.78 is 4.29. The van der Waals surface area contributed by atoms with Crippen LogP contribution in [0.15, 0.2) is 30.7 Å². The lowest BCUT2D eigenvalue weighted by Gasteiger charge is -2.08. The lowest BCUT2D eigenvalue weighted by atomic mass is 10.1. The van der Waals surface area contributed by atoms with E-state index in [2.05, 4.69) is 36.7 Å². The molecule has 1 N–H and O–H groups in total. The summed E-state index contributed by atoms with van der Waals surface area (Å²) in [6, 6.07) is 4.48. The van der Waals surface area contributed by atoms with Gasteiger partial charge in [-0.1, -0.05) is 6.07 Å². The summed E-state index contributed by atoms with van der Waals surface area (Å²) in [7, 11) is 0. The van der Waals surface area contributed by atoms with Crippen LogP contribution in [0.1, 0.15) is 35.4 Å². The molecule has 3 aromatic rings. The molecule has 0 amide bonds. The number of nitrogens with zero attached hydrogens (tertiary/aromatic N) is 5. The van der Waals surface area contributed by atoms with E-state index in [1.165, 1.54) is 28.9 Å². The molecule has 0 bridgehead atoms. The van der Waals surface area contributed by atoms with Crippen molar-refractivity contribution in [1.29, 1.82) is 0 Å². The fourth-order valence-electron chi connectivity index (χ4n) is 3.90. The molecular formula is C19H22N6. The number of nitrogens with one attached hydrogen (secondary N) is 1. The second kappa shape index (κ2) is 6.11. The lowest BCUT2D eigenvalue weighted by molar-refractivity contribution is 0.588. The molecule has 5 rings (SSSR count). The lowest BCUT2D eigenvalue weighted by Crippen LogP contribution is -2.11. The number of aryl methyl sites for hydroxylation is 3. The van der Waals surface area contributed by atoms with Crippen molar-refractivity contribution in [3.63, 3.8) is 0 Å². The van der Waals surface area contributed by atoms with Gasteiger partial charge in [0.1, 0.15) is 5.69 Å². The van der Waals surface area contributed by atoms with E-state index in [4.69, 9.17) is 5.10 Å². The molecule has 0 saturated carbocycles. The third kappa shape index (κ3) is 2.76. The van der Waals surface area contributed by atoms with Crippen LogP contribution in [0.4, 0.5) is 0 Å². The standard InChI is InChI=1S/C19H22N6/c1-3-15-9-14(11-22-17(15)4-1)13-24-8-6-21-19(24)18-10-16-12-20-5-2-7-25(16)23-18/h6,8-11,20H,1-5,7,12-13H2. The Balaban J connectivity index is 1.44. The normalized spacial score (nSPS) is 16.5. The minimum Gasteiger partial charge on any atom is -0.325 e. The maximum absolute atomic E-state index is 4.79. The smallest absolute Gasteiger partial charge is 0.160 e. The van der Waals surface area contributed by atoms with Gasteiger partial charge in [-0.05, 0) is 49.4 Å². The van der Waals surface area contributed by atoms with Gasteiger partial charge in [-0.15, -0.1) is 0 Å².